The molecule has 0 bridgehead atoms. The monoisotopic (exact) mass is 413 g/mol. The van der Waals surface area contributed by atoms with Gasteiger partial charge in [-0.25, -0.2) is 0 Å². The Hall–Kier alpha value is -2.56. The predicted octanol–water partition coefficient (Wildman–Crippen LogP) is 5.39. The number of amides is 1. The number of ketones is 1. The summed E-state index contributed by atoms with van der Waals surface area (Å²) in [6.07, 6.45) is 1.66. The number of carbonyl (C=O) groups excluding carboxylic acids is 2. The number of nitrogens with zero attached hydrogens (tertiary/aromatic N) is 1. The van der Waals surface area contributed by atoms with E-state index in [1.165, 1.54) is 4.90 Å². The topological polar surface area (TPSA) is 59.8 Å². The number of hydrogen-bond acceptors (Lipinski definition) is 4. The van der Waals surface area contributed by atoms with E-state index in [1.807, 2.05) is 45.9 Å². The smallest absolute Gasteiger partial charge is 0.289 e. The van der Waals surface area contributed by atoms with Crippen LogP contribution in [0.2, 0.25) is 0 Å². The minimum absolute atomic E-state index is 0.0601. The highest BCUT2D eigenvalue weighted by molar-refractivity contribution is 5.91. The summed E-state index contributed by atoms with van der Waals surface area (Å²) in [5.74, 6) is 1.76. The maximum absolute atomic E-state index is 12.3. The van der Waals surface area contributed by atoms with Crippen LogP contribution in [0.15, 0.2) is 34.7 Å². The number of benzene rings is 1. The van der Waals surface area contributed by atoms with E-state index in [-0.39, 0.29) is 23.7 Å². The highest BCUT2D eigenvalue weighted by Gasteiger charge is 2.35. The lowest BCUT2D eigenvalue weighted by atomic mass is 9.73. The Bertz CT molecular complexity index is 898. The van der Waals surface area contributed by atoms with E-state index < -0.39 is 5.41 Å². The summed E-state index contributed by atoms with van der Waals surface area (Å²) in [6, 6.07) is 9.72. The molecule has 5 nitrogen and oxygen atoms in total. The van der Waals surface area contributed by atoms with Crippen LogP contribution in [0.25, 0.3) is 0 Å². The van der Waals surface area contributed by atoms with Crippen molar-refractivity contribution in [3.8, 4) is 5.75 Å². The van der Waals surface area contributed by atoms with Gasteiger partial charge in [0.1, 0.15) is 18.1 Å². The Labute approximate surface area is 180 Å². The SMILES string of the molecule is CCC(CC)(c1ccc(OCC(=O)C(C)(C)C)c(C)c1)c1ccc(C(=O)N(C)C)o1. The van der Waals surface area contributed by atoms with Crippen LogP contribution in [0.1, 0.15) is 74.9 Å². The van der Waals surface area contributed by atoms with Crippen molar-refractivity contribution < 1.29 is 18.7 Å². The second-order valence-electron chi connectivity index (χ2n) is 9.09. The normalized spacial score (nSPS) is 12.0. The van der Waals surface area contributed by atoms with E-state index in [4.69, 9.17) is 9.15 Å². The van der Waals surface area contributed by atoms with Crippen molar-refractivity contribution in [3.05, 3.63) is 53.0 Å². The van der Waals surface area contributed by atoms with E-state index in [0.29, 0.717) is 11.5 Å². The summed E-state index contributed by atoms with van der Waals surface area (Å²) in [5, 5.41) is 0. The average Bonchev–Trinajstić information content (AvgIpc) is 3.17. The van der Waals surface area contributed by atoms with Crippen LogP contribution in [-0.2, 0) is 10.2 Å². The van der Waals surface area contributed by atoms with Crippen molar-refractivity contribution in [2.75, 3.05) is 20.7 Å². The van der Waals surface area contributed by atoms with Gasteiger partial charge in [-0.2, -0.15) is 0 Å². The van der Waals surface area contributed by atoms with Crippen LogP contribution in [0, 0.1) is 12.3 Å². The maximum atomic E-state index is 12.3. The molecule has 0 aliphatic carbocycles. The Morgan fingerprint density at radius 2 is 1.67 bits per heavy atom. The van der Waals surface area contributed by atoms with Gasteiger partial charge in [0, 0.05) is 19.5 Å². The lowest BCUT2D eigenvalue weighted by Gasteiger charge is -2.31. The lowest BCUT2D eigenvalue weighted by Crippen LogP contribution is -2.27. The molecule has 1 amide bonds. The Balaban J connectivity index is 2.35. The summed E-state index contributed by atoms with van der Waals surface area (Å²) in [4.78, 5) is 26.0. The third-order valence-corrected chi connectivity index (χ3v) is 5.82. The molecule has 0 radical (unpaired) electrons. The van der Waals surface area contributed by atoms with Gasteiger partial charge in [-0.3, -0.25) is 9.59 Å². The van der Waals surface area contributed by atoms with Gasteiger partial charge in [-0.1, -0.05) is 46.8 Å². The molecule has 0 saturated heterocycles. The van der Waals surface area contributed by atoms with E-state index in [2.05, 4.69) is 19.9 Å². The number of rotatable bonds is 8. The molecule has 1 aromatic carbocycles. The molecule has 0 aliphatic heterocycles. The van der Waals surface area contributed by atoms with E-state index >= 15 is 0 Å². The zero-order chi connectivity index (χ0) is 22.7. The molecule has 0 saturated carbocycles. The number of ether oxygens (including phenoxy) is 1. The van der Waals surface area contributed by atoms with Gasteiger partial charge < -0.3 is 14.1 Å². The molecule has 30 heavy (non-hydrogen) atoms. The van der Waals surface area contributed by atoms with Gasteiger partial charge in [0.05, 0.1) is 5.41 Å². The minimum Gasteiger partial charge on any atom is -0.486 e. The van der Waals surface area contributed by atoms with Crippen molar-refractivity contribution >= 4 is 11.7 Å². The van der Waals surface area contributed by atoms with Crippen LogP contribution in [-0.4, -0.2) is 37.3 Å². The van der Waals surface area contributed by atoms with Crippen LogP contribution >= 0.6 is 0 Å². The van der Waals surface area contributed by atoms with E-state index in [1.54, 1.807) is 20.2 Å². The first-order valence-corrected chi connectivity index (χ1v) is 10.6. The zero-order valence-corrected chi connectivity index (χ0v) is 19.6. The minimum atomic E-state index is -0.422. The van der Waals surface area contributed by atoms with Gasteiger partial charge in [0.15, 0.2) is 11.5 Å². The molecule has 0 spiro atoms. The van der Waals surface area contributed by atoms with E-state index in [9.17, 15) is 9.59 Å². The fraction of sp³-hybridized carbons (Fsp3) is 0.520. The van der Waals surface area contributed by atoms with Crippen LogP contribution in [0.4, 0.5) is 0 Å². The van der Waals surface area contributed by atoms with Gasteiger partial charge in [0.2, 0.25) is 0 Å². The fourth-order valence-corrected chi connectivity index (χ4v) is 3.55. The highest BCUT2D eigenvalue weighted by Crippen LogP contribution is 2.41. The van der Waals surface area contributed by atoms with Crippen molar-refractivity contribution in [1.29, 1.82) is 0 Å². The van der Waals surface area contributed by atoms with Gasteiger partial charge in [0.25, 0.3) is 5.91 Å². The second-order valence-corrected chi connectivity index (χ2v) is 9.09. The standard InChI is InChI=1S/C25H35NO4/c1-9-25(10-2,22-14-13-20(30-22)23(28)26(7)8)18-11-12-19(17(3)15-18)29-16-21(27)24(4,5)6/h11-15H,9-10,16H2,1-8H3. The molecule has 164 valence electrons. The second kappa shape index (κ2) is 9.07. The summed E-state index contributed by atoms with van der Waals surface area (Å²) < 4.78 is 11.8. The van der Waals surface area contributed by atoms with Crippen LogP contribution in [0.3, 0.4) is 0 Å². The molecule has 0 N–H and O–H groups in total. The molecule has 0 aliphatic rings. The van der Waals surface area contributed by atoms with Crippen molar-refractivity contribution in [1.82, 2.24) is 4.90 Å². The zero-order valence-electron chi connectivity index (χ0n) is 19.6. The number of carbonyl (C=O) groups is 2. The third-order valence-electron chi connectivity index (χ3n) is 5.82. The predicted molar refractivity (Wildman–Crippen MR) is 119 cm³/mol. The van der Waals surface area contributed by atoms with Crippen molar-refractivity contribution in [2.45, 2.75) is 59.8 Å². The van der Waals surface area contributed by atoms with Crippen LogP contribution < -0.4 is 4.74 Å². The van der Waals surface area contributed by atoms with Gasteiger partial charge in [-0.15, -0.1) is 0 Å². The number of aryl methyl sites for hydroxylation is 1. The molecule has 0 unspecified atom stereocenters. The Morgan fingerprint density at radius 1 is 1.03 bits per heavy atom. The third kappa shape index (κ3) is 4.77. The number of hydrogen-bond donors (Lipinski definition) is 0. The van der Waals surface area contributed by atoms with Crippen molar-refractivity contribution in [2.24, 2.45) is 5.41 Å². The molecular weight excluding hydrogens is 378 g/mol. The van der Waals surface area contributed by atoms with Gasteiger partial charge in [-0.05, 0) is 49.1 Å². The molecular formula is C25H35NO4. The molecule has 0 fully saturated rings. The molecule has 2 aromatic rings. The first-order chi connectivity index (χ1) is 14.0. The summed E-state index contributed by atoms with van der Waals surface area (Å²) in [7, 11) is 3.42. The summed E-state index contributed by atoms with van der Waals surface area (Å²) in [6.45, 7) is 12.0. The molecule has 1 aromatic heterocycles. The number of Topliss-reactive ketones (excluding diaryl/α,β-unsaturated/α-hetero) is 1. The van der Waals surface area contributed by atoms with Crippen molar-refractivity contribution in [3.63, 3.8) is 0 Å². The first kappa shape index (κ1) is 23.7. The first-order valence-electron chi connectivity index (χ1n) is 10.6. The fourth-order valence-electron chi connectivity index (χ4n) is 3.55. The lowest BCUT2D eigenvalue weighted by molar-refractivity contribution is -0.128. The molecule has 2 rings (SSSR count). The van der Waals surface area contributed by atoms with Gasteiger partial charge >= 0.3 is 0 Å². The summed E-state index contributed by atoms with van der Waals surface area (Å²) in [5.41, 5.74) is 1.32. The average molecular weight is 414 g/mol. The Kier molecular flexibility index (Phi) is 7.17. The summed E-state index contributed by atoms with van der Waals surface area (Å²) >= 11 is 0. The quantitative estimate of drug-likeness (QED) is 0.582. The molecule has 0 atom stereocenters. The largest absolute Gasteiger partial charge is 0.486 e. The maximum Gasteiger partial charge on any atom is 0.289 e. The molecule has 5 heteroatoms. The Morgan fingerprint density at radius 3 is 2.17 bits per heavy atom. The van der Waals surface area contributed by atoms with Crippen LogP contribution in [0.5, 0.6) is 5.75 Å². The molecule has 1 heterocycles. The highest BCUT2D eigenvalue weighted by atomic mass is 16.5. The van der Waals surface area contributed by atoms with E-state index in [0.717, 1.165) is 29.7 Å². The number of furan rings is 1.